The molecule has 0 saturated carbocycles. The minimum atomic E-state index is -0.611. The predicted molar refractivity (Wildman–Crippen MR) is 88.0 cm³/mol. The van der Waals surface area contributed by atoms with E-state index in [2.05, 4.69) is 15.9 Å². The maximum Gasteiger partial charge on any atom is 0.355 e. The molecule has 0 amide bonds. The Kier molecular flexibility index (Phi) is 5.43. The minimum absolute atomic E-state index is 0.000293. The van der Waals surface area contributed by atoms with Crippen LogP contribution in [0.1, 0.15) is 11.1 Å². The summed E-state index contributed by atoms with van der Waals surface area (Å²) in [4.78, 5) is 25.9. The van der Waals surface area contributed by atoms with Crippen LogP contribution < -0.4 is 4.90 Å². The third kappa shape index (κ3) is 3.25. The van der Waals surface area contributed by atoms with Crippen molar-refractivity contribution in [2.75, 3.05) is 32.5 Å². The van der Waals surface area contributed by atoms with Gasteiger partial charge in [-0.15, -0.1) is 0 Å². The standard InChI is InChI=1S/C16H18BrNO5/c1-9-5-6-12(17)10(2)13(9)18-8-23-7-11(15(19)21-3)14(18)16(20)22-4/h5-6H,7-8H2,1-4H3. The first-order valence-electron chi connectivity index (χ1n) is 6.93. The van der Waals surface area contributed by atoms with Crippen molar-refractivity contribution in [3.63, 3.8) is 0 Å². The number of carbonyl (C=O) groups is 2. The third-order valence-electron chi connectivity index (χ3n) is 3.67. The lowest BCUT2D eigenvalue weighted by atomic mass is 10.1. The fraction of sp³-hybridized carbons (Fsp3) is 0.375. The van der Waals surface area contributed by atoms with Crippen LogP contribution in [0.25, 0.3) is 0 Å². The Morgan fingerprint density at radius 3 is 2.43 bits per heavy atom. The molecular formula is C16H18BrNO5. The Balaban J connectivity index is 2.68. The molecule has 1 aliphatic heterocycles. The highest BCUT2D eigenvalue weighted by molar-refractivity contribution is 9.10. The Morgan fingerprint density at radius 1 is 1.17 bits per heavy atom. The molecule has 7 heteroatoms. The van der Waals surface area contributed by atoms with Crippen molar-refractivity contribution < 1.29 is 23.8 Å². The summed E-state index contributed by atoms with van der Waals surface area (Å²) in [5, 5.41) is 0. The minimum Gasteiger partial charge on any atom is -0.466 e. The number of esters is 2. The largest absolute Gasteiger partial charge is 0.466 e. The number of carbonyl (C=O) groups excluding carboxylic acids is 2. The number of nitrogens with zero attached hydrogens (tertiary/aromatic N) is 1. The molecule has 0 bridgehead atoms. The number of aryl methyl sites for hydroxylation is 1. The van der Waals surface area contributed by atoms with Gasteiger partial charge in [-0.2, -0.15) is 0 Å². The molecule has 0 fully saturated rings. The van der Waals surface area contributed by atoms with Crippen LogP contribution in [0.4, 0.5) is 5.69 Å². The second-order valence-electron chi connectivity index (χ2n) is 5.05. The van der Waals surface area contributed by atoms with Crippen LogP contribution in [0.2, 0.25) is 0 Å². The van der Waals surface area contributed by atoms with E-state index in [9.17, 15) is 9.59 Å². The van der Waals surface area contributed by atoms with Crippen LogP contribution in [0.3, 0.4) is 0 Å². The first kappa shape index (κ1) is 17.5. The van der Waals surface area contributed by atoms with Crippen LogP contribution in [-0.4, -0.2) is 39.5 Å². The average molecular weight is 384 g/mol. The third-order valence-corrected chi connectivity index (χ3v) is 4.53. The van der Waals surface area contributed by atoms with E-state index in [-0.39, 0.29) is 24.6 Å². The lowest BCUT2D eigenvalue weighted by molar-refractivity contribution is -0.140. The van der Waals surface area contributed by atoms with Crippen LogP contribution >= 0.6 is 15.9 Å². The summed E-state index contributed by atoms with van der Waals surface area (Å²) in [6, 6.07) is 3.86. The summed E-state index contributed by atoms with van der Waals surface area (Å²) >= 11 is 3.49. The molecule has 0 radical (unpaired) electrons. The predicted octanol–water partition coefficient (Wildman–Crippen LogP) is 2.46. The molecule has 23 heavy (non-hydrogen) atoms. The molecule has 2 rings (SSSR count). The van der Waals surface area contributed by atoms with Crippen molar-refractivity contribution in [3.8, 4) is 0 Å². The van der Waals surface area contributed by atoms with Gasteiger partial charge < -0.3 is 19.1 Å². The van der Waals surface area contributed by atoms with Crippen molar-refractivity contribution in [1.82, 2.24) is 0 Å². The Labute approximate surface area is 143 Å². The van der Waals surface area contributed by atoms with Gasteiger partial charge in [-0.1, -0.05) is 22.0 Å². The quantitative estimate of drug-likeness (QED) is 0.747. The van der Waals surface area contributed by atoms with Crippen LogP contribution in [0.5, 0.6) is 0 Å². The maximum absolute atomic E-state index is 12.3. The van der Waals surface area contributed by atoms with Crippen molar-refractivity contribution in [1.29, 1.82) is 0 Å². The Bertz CT molecular complexity index is 683. The number of ether oxygens (including phenoxy) is 3. The molecule has 1 aromatic carbocycles. The molecule has 0 spiro atoms. The van der Waals surface area contributed by atoms with Crippen molar-refractivity contribution in [3.05, 3.63) is 39.0 Å². The summed E-state index contributed by atoms with van der Waals surface area (Å²) in [6.07, 6.45) is 0. The topological polar surface area (TPSA) is 65.1 Å². The first-order valence-corrected chi connectivity index (χ1v) is 7.72. The van der Waals surface area contributed by atoms with Gasteiger partial charge in [0.2, 0.25) is 0 Å². The second kappa shape index (κ2) is 7.14. The summed E-state index contributed by atoms with van der Waals surface area (Å²) in [5.74, 6) is -1.21. The fourth-order valence-corrected chi connectivity index (χ4v) is 2.87. The van der Waals surface area contributed by atoms with Gasteiger partial charge >= 0.3 is 11.9 Å². The molecule has 0 aliphatic carbocycles. The molecule has 1 aliphatic rings. The van der Waals surface area contributed by atoms with E-state index in [0.717, 1.165) is 21.3 Å². The van der Waals surface area contributed by atoms with Crippen LogP contribution in [0, 0.1) is 13.8 Å². The summed E-state index contributed by atoms with van der Waals surface area (Å²) in [6.45, 7) is 3.99. The average Bonchev–Trinajstić information content (AvgIpc) is 2.56. The number of methoxy groups -OCH3 is 2. The molecule has 0 saturated heterocycles. The van der Waals surface area contributed by atoms with E-state index in [0.29, 0.717) is 0 Å². The summed E-state index contributed by atoms with van der Waals surface area (Å²) in [5.41, 5.74) is 2.96. The number of rotatable bonds is 3. The van der Waals surface area contributed by atoms with Crippen molar-refractivity contribution >= 4 is 33.6 Å². The van der Waals surface area contributed by atoms with E-state index in [1.165, 1.54) is 14.2 Å². The SMILES string of the molecule is COC(=O)C1=C(C(=O)OC)N(c2c(C)ccc(Br)c2C)COC1. The van der Waals surface area contributed by atoms with E-state index in [4.69, 9.17) is 14.2 Å². The number of hydrogen-bond donors (Lipinski definition) is 0. The molecule has 0 aromatic heterocycles. The highest BCUT2D eigenvalue weighted by Gasteiger charge is 2.33. The lowest BCUT2D eigenvalue weighted by Crippen LogP contribution is -2.39. The molecule has 1 heterocycles. The molecule has 0 N–H and O–H groups in total. The normalized spacial score (nSPS) is 14.7. The van der Waals surface area contributed by atoms with Gasteiger partial charge in [0.25, 0.3) is 0 Å². The smallest absolute Gasteiger partial charge is 0.355 e. The highest BCUT2D eigenvalue weighted by Crippen LogP contribution is 2.35. The zero-order chi connectivity index (χ0) is 17.1. The fourth-order valence-electron chi connectivity index (χ4n) is 2.55. The van der Waals surface area contributed by atoms with Crippen molar-refractivity contribution in [2.45, 2.75) is 13.8 Å². The summed E-state index contributed by atoms with van der Waals surface area (Å²) in [7, 11) is 2.54. The number of benzene rings is 1. The van der Waals surface area contributed by atoms with Gasteiger partial charge in [-0.25, -0.2) is 9.59 Å². The summed E-state index contributed by atoms with van der Waals surface area (Å²) < 4.78 is 16.0. The number of hydrogen-bond acceptors (Lipinski definition) is 6. The van der Waals surface area contributed by atoms with Crippen LogP contribution in [-0.2, 0) is 23.8 Å². The molecule has 0 atom stereocenters. The molecule has 6 nitrogen and oxygen atoms in total. The highest BCUT2D eigenvalue weighted by atomic mass is 79.9. The van der Waals surface area contributed by atoms with Crippen molar-refractivity contribution in [2.24, 2.45) is 0 Å². The first-order chi connectivity index (χ1) is 10.9. The number of anilines is 1. The van der Waals surface area contributed by atoms with Gasteiger partial charge in [0, 0.05) is 4.47 Å². The van der Waals surface area contributed by atoms with E-state index >= 15 is 0 Å². The Hall–Kier alpha value is -1.86. The van der Waals surface area contributed by atoms with Gasteiger partial charge in [-0.05, 0) is 31.0 Å². The number of halogens is 1. The van der Waals surface area contributed by atoms with Gasteiger partial charge in [0.15, 0.2) is 0 Å². The lowest BCUT2D eigenvalue weighted by Gasteiger charge is -2.33. The molecule has 124 valence electrons. The monoisotopic (exact) mass is 383 g/mol. The van der Waals surface area contributed by atoms with Gasteiger partial charge in [0.05, 0.1) is 32.1 Å². The molecule has 1 aromatic rings. The van der Waals surface area contributed by atoms with Gasteiger partial charge in [-0.3, -0.25) is 0 Å². The molecular weight excluding hydrogens is 366 g/mol. The zero-order valence-corrected chi connectivity index (χ0v) is 15.0. The second-order valence-corrected chi connectivity index (χ2v) is 5.91. The van der Waals surface area contributed by atoms with E-state index in [1.54, 1.807) is 4.90 Å². The zero-order valence-electron chi connectivity index (χ0n) is 13.4. The van der Waals surface area contributed by atoms with E-state index in [1.807, 2.05) is 26.0 Å². The Morgan fingerprint density at radius 2 is 1.83 bits per heavy atom. The van der Waals surface area contributed by atoms with Crippen LogP contribution in [0.15, 0.2) is 27.9 Å². The molecule has 0 unspecified atom stereocenters. The van der Waals surface area contributed by atoms with Gasteiger partial charge in [0.1, 0.15) is 12.4 Å². The van der Waals surface area contributed by atoms with E-state index < -0.39 is 11.9 Å². The maximum atomic E-state index is 12.3.